The summed E-state index contributed by atoms with van der Waals surface area (Å²) in [6, 6.07) is 5.92. The number of fused-ring (bicyclic) bond motifs is 1. The zero-order valence-corrected chi connectivity index (χ0v) is 14.5. The van der Waals surface area contributed by atoms with Gasteiger partial charge in [-0.05, 0) is 54.8 Å². The molecule has 2 aliphatic carbocycles. The molecule has 0 spiro atoms. The second-order valence-corrected chi connectivity index (χ2v) is 7.75. The third kappa shape index (κ3) is 2.81. The number of aryl methyl sites for hydroxylation is 1. The Kier molecular flexibility index (Phi) is 4.27. The molecule has 0 aromatic carbocycles. The SMILES string of the molecule is O=C(NC1CCCCC1)c1cccn(C2CCc3ccsc32)c1=O. The van der Waals surface area contributed by atoms with E-state index in [1.165, 1.54) is 16.9 Å². The van der Waals surface area contributed by atoms with E-state index < -0.39 is 0 Å². The van der Waals surface area contributed by atoms with Gasteiger partial charge in [-0.15, -0.1) is 11.3 Å². The van der Waals surface area contributed by atoms with Crippen molar-refractivity contribution in [3.63, 3.8) is 0 Å². The highest BCUT2D eigenvalue weighted by atomic mass is 32.1. The van der Waals surface area contributed by atoms with Crippen LogP contribution in [0.4, 0.5) is 0 Å². The predicted octanol–water partition coefficient (Wildman–Crippen LogP) is 3.51. The summed E-state index contributed by atoms with van der Waals surface area (Å²) in [6.45, 7) is 0. The molecule has 1 atom stereocenters. The lowest BCUT2D eigenvalue weighted by atomic mass is 9.95. The number of amides is 1. The minimum absolute atomic E-state index is 0.0786. The van der Waals surface area contributed by atoms with Crippen molar-refractivity contribution in [1.29, 1.82) is 0 Å². The molecule has 2 heterocycles. The Morgan fingerprint density at radius 1 is 1.17 bits per heavy atom. The fraction of sp³-hybridized carbons (Fsp3) is 0.474. The Morgan fingerprint density at radius 2 is 2.00 bits per heavy atom. The van der Waals surface area contributed by atoms with Crippen LogP contribution in [0.25, 0.3) is 0 Å². The standard InChI is InChI=1S/C19H22N2O2S/c22-18(20-14-5-2-1-3-6-14)15-7-4-11-21(19(15)23)16-9-8-13-10-12-24-17(13)16/h4,7,10-12,14,16H,1-3,5-6,8-9H2,(H,20,22). The van der Waals surface area contributed by atoms with E-state index in [1.54, 1.807) is 22.0 Å². The van der Waals surface area contributed by atoms with Gasteiger partial charge in [0.25, 0.3) is 11.5 Å². The zero-order chi connectivity index (χ0) is 16.5. The summed E-state index contributed by atoms with van der Waals surface area (Å²) in [5, 5.41) is 5.14. The van der Waals surface area contributed by atoms with E-state index >= 15 is 0 Å². The van der Waals surface area contributed by atoms with Crippen LogP contribution in [0.3, 0.4) is 0 Å². The summed E-state index contributed by atoms with van der Waals surface area (Å²) < 4.78 is 1.75. The maximum absolute atomic E-state index is 12.9. The molecule has 1 unspecified atom stereocenters. The first-order chi connectivity index (χ1) is 11.7. The first-order valence-electron chi connectivity index (χ1n) is 8.82. The molecular formula is C19H22N2O2S. The minimum Gasteiger partial charge on any atom is -0.349 e. The van der Waals surface area contributed by atoms with Crippen LogP contribution >= 0.6 is 11.3 Å². The van der Waals surface area contributed by atoms with Gasteiger partial charge < -0.3 is 9.88 Å². The van der Waals surface area contributed by atoms with Gasteiger partial charge in [-0.1, -0.05) is 19.3 Å². The third-order valence-corrected chi connectivity index (χ3v) is 6.33. The van der Waals surface area contributed by atoms with E-state index in [4.69, 9.17) is 0 Å². The number of carbonyl (C=O) groups is 1. The second-order valence-electron chi connectivity index (χ2n) is 6.81. The van der Waals surface area contributed by atoms with Crippen LogP contribution in [0.15, 0.2) is 34.6 Å². The normalized spacial score (nSPS) is 20.8. The number of hydrogen-bond acceptors (Lipinski definition) is 3. The van der Waals surface area contributed by atoms with Crippen LogP contribution in [0.1, 0.15) is 65.4 Å². The van der Waals surface area contributed by atoms with E-state index in [0.29, 0.717) is 0 Å². The fourth-order valence-corrected chi connectivity index (χ4v) is 5.06. The Balaban J connectivity index is 1.59. The molecule has 24 heavy (non-hydrogen) atoms. The minimum atomic E-state index is -0.217. The lowest BCUT2D eigenvalue weighted by molar-refractivity contribution is 0.0925. The van der Waals surface area contributed by atoms with Gasteiger partial charge in [-0.2, -0.15) is 0 Å². The summed E-state index contributed by atoms with van der Waals surface area (Å²) >= 11 is 1.71. The summed E-state index contributed by atoms with van der Waals surface area (Å²) in [5.41, 5.74) is 1.44. The number of hydrogen-bond donors (Lipinski definition) is 1. The molecule has 4 nitrogen and oxygen atoms in total. The van der Waals surface area contributed by atoms with Gasteiger partial charge in [0.1, 0.15) is 5.56 Å². The van der Waals surface area contributed by atoms with Crippen molar-refractivity contribution in [3.05, 3.63) is 56.1 Å². The average Bonchev–Trinajstić information content (AvgIpc) is 3.20. The zero-order valence-electron chi connectivity index (χ0n) is 13.7. The van der Waals surface area contributed by atoms with Crippen molar-refractivity contribution in [2.24, 2.45) is 0 Å². The molecule has 0 saturated heterocycles. The highest BCUT2D eigenvalue weighted by molar-refractivity contribution is 7.10. The van der Waals surface area contributed by atoms with Gasteiger partial charge in [0.05, 0.1) is 6.04 Å². The number of nitrogens with one attached hydrogen (secondary N) is 1. The van der Waals surface area contributed by atoms with Gasteiger partial charge in [0.15, 0.2) is 0 Å². The third-order valence-electron chi connectivity index (χ3n) is 5.27. The summed E-state index contributed by atoms with van der Waals surface area (Å²) in [4.78, 5) is 26.7. The number of carbonyl (C=O) groups excluding carboxylic acids is 1. The summed E-state index contributed by atoms with van der Waals surface area (Å²) in [7, 11) is 0. The van der Waals surface area contributed by atoms with Crippen molar-refractivity contribution in [2.45, 2.75) is 57.0 Å². The van der Waals surface area contributed by atoms with Crippen molar-refractivity contribution in [1.82, 2.24) is 9.88 Å². The monoisotopic (exact) mass is 342 g/mol. The molecule has 1 amide bonds. The fourth-order valence-electron chi connectivity index (χ4n) is 3.97. The van der Waals surface area contributed by atoms with Gasteiger partial charge >= 0.3 is 0 Å². The van der Waals surface area contributed by atoms with E-state index in [1.807, 2.05) is 12.3 Å². The highest BCUT2D eigenvalue weighted by Gasteiger charge is 2.27. The molecule has 2 aliphatic rings. The van der Waals surface area contributed by atoms with Gasteiger partial charge in [-0.3, -0.25) is 9.59 Å². The Morgan fingerprint density at radius 3 is 2.83 bits per heavy atom. The molecule has 1 saturated carbocycles. The largest absolute Gasteiger partial charge is 0.349 e. The molecule has 0 bridgehead atoms. The number of pyridine rings is 1. The Hall–Kier alpha value is -1.88. The van der Waals surface area contributed by atoms with Gasteiger partial charge in [0, 0.05) is 17.1 Å². The first-order valence-corrected chi connectivity index (χ1v) is 9.70. The first kappa shape index (κ1) is 15.6. The molecule has 2 aromatic heterocycles. The Labute approximate surface area is 145 Å². The molecule has 0 radical (unpaired) electrons. The molecule has 1 fully saturated rings. The van der Waals surface area contributed by atoms with Crippen LogP contribution in [-0.4, -0.2) is 16.5 Å². The van der Waals surface area contributed by atoms with Crippen molar-refractivity contribution < 1.29 is 4.79 Å². The topological polar surface area (TPSA) is 51.1 Å². The number of aromatic nitrogens is 1. The van der Waals surface area contributed by atoms with Crippen LogP contribution in [0.2, 0.25) is 0 Å². The average molecular weight is 342 g/mol. The quantitative estimate of drug-likeness (QED) is 0.928. The van der Waals surface area contributed by atoms with Gasteiger partial charge in [0.2, 0.25) is 0 Å². The van der Waals surface area contributed by atoms with Crippen molar-refractivity contribution >= 4 is 17.2 Å². The summed E-state index contributed by atoms with van der Waals surface area (Å²) in [5.74, 6) is -0.217. The van der Waals surface area contributed by atoms with Crippen molar-refractivity contribution in [3.8, 4) is 0 Å². The molecule has 5 heteroatoms. The number of thiophene rings is 1. The van der Waals surface area contributed by atoms with E-state index in [0.717, 1.165) is 38.5 Å². The summed E-state index contributed by atoms with van der Waals surface area (Å²) in [6.07, 6.45) is 9.38. The van der Waals surface area contributed by atoms with Crippen molar-refractivity contribution in [2.75, 3.05) is 0 Å². The molecule has 2 aromatic rings. The second kappa shape index (κ2) is 6.55. The van der Waals surface area contributed by atoms with Crippen LogP contribution in [-0.2, 0) is 6.42 Å². The highest BCUT2D eigenvalue weighted by Crippen LogP contribution is 2.37. The van der Waals surface area contributed by atoms with E-state index in [9.17, 15) is 9.59 Å². The Bertz CT molecular complexity index is 802. The maximum atomic E-state index is 12.9. The maximum Gasteiger partial charge on any atom is 0.263 e. The van der Waals surface area contributed by atoms with Gasteiger partial charge in [-0.25, -0.2) is 0 Å². The number of nitrogens with zero attached hydrogens (tertiary/aromatic N) is 1. The predicted molar refractivity (Wildman–Crippen MR) is 95.8 cm³/mol. The van der Waals surface area contributed by atoms with E-state index in [2.05, 4.69) is 16.8 Å². The van der Waals surface area contributed by atoms with E-state index in [-0.39, 0.29) is 29.1 Å². The molecule has 1 N–H and O–H groups in total. The van der Waals surface area contributed by atoms with Crippen LogP contribution < -0.4 is 10.9 Å². The lowest BCUT2D eigenvalue weighted by Crippen LogP contribution is -2.40. The lowest BCUT2D eigenvalue weighted by Gasteiger charge is -2.23. The van der Waals surface area contributed by atoms with Crippen LogP contribution in [0.5, 0.6) is 0 Å². The molecular weight excluding hydrogens is 320 g/mol. The van der Waals surface area contributed by atoms with Crippen LogP contribution in [0, 0.1) is 0 Å². The molecule has 4 rings (SSSR count). The number of rotatable bonds is 3. The smallest absolute Gasteiger partial charge is 0.263 e. The molecule has 0 aliphatic heterocycles. The molecule has 126 valence electrons.